The summed E-state index contributed by atoms with van der Waals surface area (Å²) in [6.45, 7) is 1.95. The fourth-order valence-electron chi connectivity index (χ4n) is 2.26. The van der Waals surface area contributed by atoms with Gasteiger partial charge in [0.05, 0.1) is 6.04 Å². The van der Waals surface area contributed by atoms with Crippen molar-refractivity contribution in [3.63, 3.8) is 0 Å². The Labute approximate surface area is 130 Å². The summed E-state index contributed by atoms with van der Waals surface area (Å²) in [7, 11) is 0. The number of amides is 1. The molecule has 1 N–H and O–H groups in total. The molecule has 106 valence electrons. The molecule has 6 heteroatoms. The third-order valence-electron chi connectivity index (χ3n) is 3.23. The maximum Gasteiger partial charge on any atom is 0.282 e. The van der Waals surface area contributed by atoms with Gasteiger partial charge < -0.3 is 5.32 Å². The van der Waals surface area contributed by atoms with Gasteiger partial charge in [-0.2, -0.15) is 0 Å². The predicted octanol–water partition coefficient (Wildman–Crippen LogP) is 3.84. The van der Waals surface area contributed by atoms with Crippen molar-refractivity contribution in [1.82, 2.24) is 15.5 Å². The van der Waals surface area contributed by atoms with Crippen LogP contribution in [0.15, 0.2) is 42.5 Å². The lowest BCUT2D eigenvalue weighted by Crippen LogP contribution is -2.26. The second kappa shape index (κ2) is 5.79. The summed E-state index contributed by atoms with van der Waals surface area (Å²) in [4.78, 5) is 12.1. The molecule has 0 fully saturated rings. The van der Waals surface area contributed by atoms with Crippen LogP contribution in [-0.4, -0.2) is 16.1 Å². The van der Waals surface area contributed by atoms with E-state index in [1.165, 1.54) is 0 Å². The van der Waals surface area contributed by atoms with Gasteiger partial charge in [-0.1, -0.05) is 53.8 Å². The van der Waals surface area contributed by atoms with Gasteiger partial charge in [-0.05, 0) is 34.9 Å². The first-order chi connectivity index (χ1) is 10.1. The Bertz CT molecular complexity index is 797. The standard InChI is InChI=1S/C15H12ClN3OS/c1-9(17-13(20)14-18-19-15(16)21-14)11-8-4-6-10-5-2-3-7-12(10)11/h2-9H,1H3,(H,17,20). The van der Waals surface area contributed by atoms with Crippen LogP contribution in [0.1, 0.15) is 28.3 Å². The number of rotatable bonds is 3. The molecule has 0 radical (unpaired) electrons. The lowest BCUT2D eigenvalue weighted by Gasteiger charge is -2.15. The van der Waals surface area contributed by atoms with Gasteiger partial charge in [0, 0.05) is 0 Å². The van der Waals surface area contributed by atoms with E-state index in [1.54, 1.807) is 0 Å². The van der Waals surface area contributed by atoms with E-state index in [1.807, 2.05) is 31.2 Å². The number of nitrogens with one attached hydrogen (secondary N) is 1. The number of hydrogen-bond donors (Lipinski definition) is 1. The molecule has 3 aromatic rings. The van der Waals surface area contributed by atoms with Crippen LogP contribution < -0.4 is 5.32 Å². The predicted molar refractivity (Wildman–Crippen MR) is 84.7 cm³/mol. The lowest BCUT2D eigenvalue weighted by atomic mass is 10.00. The van der Waals surface area contributed by atoms with E-state index >= 15 is 0 Å². The normalized spacial score (nSPS) is 12.3. The minimum atomic E-state index is -0.264. The SMILES string of the molecule is CC(NC(=O)c1nnc(Cl)s1)c1cccc2ccccc12. The van der Waals surface area contributed by atoms with Crippen LogP contribution in [0, 0.1) is 0 Å². The number of fused-ring (bicyclic) bond motifs is 1. The highest BCUT2D eigenvalue weighted by atomic mass is 35.5. The largest absolute Gasteiger partial charge is 0.343 e. The quantitative estimate of drug-likeness (QED) is 0.798. The maximum atomic E-state index is 12.1. The van der Waals surface area contributed by atoms with Crippen molar-refractivity contribution in [3.05, 3.63) is 57.5 Å². The zero-order chi connectivity index (χ0) is 14.8. The van der Waals surface area contributed by atoms with Crippen LogP contribution in [0.5, 0.6) is 0 Å². The van der Waals surface area contributed by atoms with Crippen LogP contribution in [0.2, 0.25) is 4.47 Å². The number of halogens is 1. The number of benzene rings is 2. The highest BCUT2D eigenvalue weighted by molar-refractivity contribution is 7.17. The van der Waals surface area contributed by atoms with E-state index in [0.717, 1.165) is 27.7 Å². The number of hydrogen-bond acceptors (Lipinski definition) is 4. The van der Waals surface area contributed by atoms with Crippen LogP contribution in [0.3, 0.4) is 0 Å². The molecule has 0 saturated carbocycles. The molecule has 4 nitrogen and oxygen atoms in total. The Hall–Kier alpha value is -1.98. The monoisotopic (exact) mass is 317 g/mol. The van der Waals surface area contributed by atoms with Crippen molar-refractivity contribution in [1.29, 1.82) is 0 Å². The molecule has 0 spiro atoms. The van der Waals surface area contributed by atoms with Gasteiger partial charge in [-0.3, -0.25) is 4.79 Å². The minimum Gasteiger partial charge on any atom is -0.343 e. The third-order valence-corrected chi connectivity index (χ3v) is 4.25. The summed E-state index contributed by atoms with van der Waals surface area (Å²) in [5, 5.41) is 12.9. The lowest BCUT2D eigenvalue weighted by molar-refractivity contribution is 0.0939. The van der Waals surface area contributed by atoms with Crippen LogP contribution in [0.4, 0.5) is 0 Å². The summed E-state index contributed by atoms with van der Waals surface area (Å²) in [5.74, 6) is -0.264. The molecule has 1 amide bonds. The van der Waals surface area contributed by atoms with Crippen molar-refractivity contribution in [2.45, 2.75) is 13.0 Å². The average Bonchev–Trinajstić information content (AvgIpc) is 2.93. The molecule has 1 heterocycles. The Kier molecular flexibility index (Phi) is 3.86. The molecule has 0 aliphatic heterocycles. The fraction of sp³-hybridized carbons (Fsp3) is 0.133. The first-order valence-electron chi connectivity index (χ1n) is 6.42. The molecule has 0 bridgehead atoms. The van der Waals surface area contributed by atoms with Crippen molar-refractivity contribution in [3.8, 4) is 0 Å². The first kappa shape index (κ1) is 14.0. The van der Waals surface area contributed by atoms with Crippen molar-refractivity contribution >= 4 is 39.6 Å². The zero-order valence-electron chi connectivity index (χ0n) is 11.2. The third kappa shape index (κ3) is 2.89. The van der Waals surface area contributed by atoms with Crippen molar-refractivity contribution < 1.29 is 4.79 Å². The average molecular weight is 318 g/mol. The Morgan fingerprint density at radius 1 is 1.19 bits per heavy atom. The molecular formula is C15H12ClN3OS. The summed E-state index contributed by atoms with van der Waals surface area (Å²) in [5.41, 5.74) is 1.07. The number of nitrogens with zero attached hydrogens (tertiary/aromatic N) is 2. The second-order valence-corrected chi connectivity index (χ2v) is 6.18. The van der Waals surface area contributed by atoms with E-state index in [-0.39, 0.29) is 21.4 Å². The smallest absolute Gasteiger partial charge is 0.282 e. The highest BCUT2D eigenvalue weighted by Crippen LogP contribution is 2.24. The van der Waals surface area contributed by atoms with E-state index in [2.05, 4.69) is 33.7 Å². The zero-order valence-corrected chi connectivity index (χ0v) is 12.8. The molecule has 3 rings (SSSR count). The summed E-state index contributed by atoms with van der Waals surface area (Å²) in [6, 6.07) is 14.0. The number of aromatic nitrogens is 2. The van der Waals surface area contributed by atoms with Gasteiger partial charge in [0.2, 0.25) is 9.47 Å². The van der Waals surface area contributed by atoms with Gasteiger partial charge in [0.1, 0.15) is 0 Å². The summed E-state index contributed by atoms with van der Waals surface area (Å²) < 4.78 is 0.262. The van der Waals surface area contributed by atoms with Gasteiger partial charge in [0.15, 0.2) is 0 Å². The topological polar surface area (TPSA) is 54.9 Å². The molecule has 1 atom stereocenters. The van der Waals surface area contributed by atoms with E-state index in [0.29, 0.717) is 0 Å². The maximum absolute atomic E-state index is 12.1. The molecule has 1 aromatic heterocycles. The van der Waals surface area contributed by atoms with Crippen molar-refractivity contribution in [2.75, 3.05) is 0 Å². The Morgan fingerprint density at radius 3 is 2.71 bits per heavy atom. The minimum absolute atomic E-state index is 0.133. The van der Waals surface area contributed by atoms with Gasteiger partial charge in [-0.15, -0.1) is 10.2 Å². The summed E-state index contributed by atoms with van der Waals surface area (Å²) in [6.07, 6.45) is 0. The highest BCUT2D eigenvalue weighted by Gasteiger charge is 2.16. The van der Waals surface area contributed by atoms with Crippen LogP contribution >= 0.6 is 22.9 Å². The molecule has 21 heavy (non-hydrogen) atoms. The number of carbonyl (C=O) groups is 1. The van der Waals surface area contributed by atoms with E-state index in [9.17, 15) is 4.79 Å². The molecule has 2 aromatic carbocycles. The van der Waals surface area contributed by atoms with Crippen LogP contribution in [0.25, 0.3) is 10.8 Å². The Balaban J connectivity index is 1.87. The van der Waals surface area contributed by atoms with Gasteiger partial charge in [0.25, 0.3) is 5.91 Å². The van der Waals surface area contributed by atoms with Crippen LogP contribution in [-0.2, 0) is 0 Å². The Morgan fingerprint density at radius 2 is 1.95 bits per heavy atom. The first-order valence-corrected chi connectivity index (χ1v) is 7.62. The second-order valence-electron chi connectivity index (χ2n) is 4.62. The summed E-state index contributed by atoms with van der Waals surface area (Å²) >= 11 is 6.77. The molecule has 1 unspecified atom stereocenters. The molecule has 0 aliphatic carbocycles. The molecule has 0 aliphatic rings. The fourth-order valence-corrected chi connectivity index (χ4v) is 2.99. The van der Waals surface area contributed by atoms with Gasteiger partial charge in [-0.25, -0.2) is 0 Å². The van der Waals surface area contributed by atoms with Crippen molar-refractivity contribution in [2.24, 2.45) is 0 Å². The van der Waals surface area contributed by atoms with E-state index < -0.39 is 0 Å². The molecular weight excluding hydrogens is 306 g/mol. The van der Waals surface area contributed by atoms with Gasteiger partial charge >= 0.3 is 0 Å². The molecule has 0 saturated heterocycles. The van der Waals surface area contributed by atoms with E-state index in [4.69, 9.17) is 11.6 Å². The number of carbonyl (C=O) groups excluding carboxylic acids is 1.